The smallest absolute Gasteiger partial charge is 0.317 e. The lowest BCUT2D eigenvalue weighted by Gasteiger charge is -2.23. The molecule has 0 amide bonds. The third-order valence-electron chi connectivity index (χ3n) is 5.47. The number of halogens is 1. The van der Waals surface area contributed by atoms with Crippen molar-refractivity contribution in [2.45, 2.75) is 26.5 Å². The second-order valence-electron chi connectivity index (χ2n) is 8.51. The first-order valence-electron chi connectivity index (χ1n) is 10.5. The third-order valence-corrected chi connectivity index (χ3v) is 5.76. The molecule has 3 aromatic carbocycles. The van der Waals surface area contributed by atoms with E-state index in [1.54, 1.807) is 11.9 Å². The van der Waals surface area contributed by atoms with Crippen LogP contribution < -0.4 is 4.74 Å². The number of nitrogens with zero attached hydrogens (tertiary/aromatic N) is 2. The fraction of sp³-hybridized carbons (Fsp3) is 0.280. The molecule has 0 radical (unpaired) electrons. The highest BCUT2D eigenvalue weighted by molar-refractivity contribution is 6.34. The van der Waals surface area contributed by atoms with Crippen LogP contribution in [-0.4, -0.2) is 39.8 Å². The number of H-pyrrole nitrogens is 1. The van der Waals surface area contributed by atoms with Gasteiger partial charge in [0.25, 0.3) is 0 Å². The van der Waals surface area contributed by atoms with Crippen LogP contribution >= 0.6 is 11.6 Å². The highest BCUT2D eigenvalue weighted by atomic mass is 35.5. The Bertz CT molecular complexity index is 1270. The minimum absolute atomic E-state index is 0.0111. The normalized spacial score (nSPS) is 12.7. The molecule has 0 aliphatic carbocycles. The van der Waals surface area contributed by atoms with Gasteiger partial charge in [0.05, 0.1) is 12.1 Å². The first-order chi connectivity index (χ1) is 15.3. The molecule has 32 heavy (non-hydrogen) atoms. The molecule has 1 unspecified atom stereocenters. The van der Waals surface area contributed by atoms with Crippen LogP contribution in [0.4, 0.5) is 0 Å². The third kappa shape index (κ3) is 4.87. The summed E-state index contributed by atoms with van der Waals surface area (Å²) >= 11 is 6.21. The number of ether oxygens (including phenoxy) is 1. The van der Waals surface area contributed by atoms with E-state index in [9.17, 15) is 4.79 Å². The molecule has 166 valence electrons. The van der Waals surface area contributed by atoms with E-state index in [4.69, 9.17) is 21.4 Å². The highest BCUT2D eigenvalue weighted by Crippen LogP contribution is 2.33. The second-order valence-corrected chi connectivity index (χ2v) is 8.87. The van der Waals surface area contributed by atoms with Gasteiger partial charge in [0.2, 0.25) is 0 Å². The largest absolute Gasteiger partial charge is 0.485 e. The maximum Gasteiger partial charge on any atom is 0.317 e. The molecule has 1 atom stereocenters. The van der Waals surface area contributed by atoms with E-state index in [-0.39, 0.29) is 18.6 Å². The fourth-order valence-electron chi connectivity index (χ4n) is 3.96. The number of aliphatic carboxylic acids is 1. The van der Waals surface area contributed by atoms with Gasteiger partial charge in [0, 0.05) is 11.9 Å². The number of carbonyl (C=O) groups is 1. The average molecular weight is 452 g/mol. The van der Waals surface area contributed by atoms with Gasteiger partial charge < -0.3 is 9.84 Å². The summed E-state index contributed by atoms with van der Waals surface area (Å²) in [6, 6.07) is 18.3. The summed E-state index contributed by atoms with van der Waals surface area (Å²) in [4.78, 5) is 12.7. The summed E-state index contributed by atoms with van der Waals surface area (Å²) in [7, 11) is 1.80. The van der Waals surface area contributed by atoms with Gasteiger partial charge in [-0.1, -0.05) is 49.7 Å². The summed E-state index contributed by atoms with van der Waals surface area (Å²) in [6.07, 6.45) is -0.133. The van der Waals surface area contributed by atoms with Gasteiger partial charge in [-0.25, -0.2) is 0 Å². The van der Waals surface area contributed by atoms with Crippen LogP contribution in [0.3, 0.4) is 0 Å². The Morgan fingerprint density at radius 1 is 1.12 bits per heavy atom. The van der Waals surface area contributed by atoms with E-state index >= 15 is 0 Å². The van der Waals surface area contributed by atoms with E-state index in [0.29, 0.717) is 11.7 Å². The maximum absolute atomic E-state index is 10.9. The van der Waals surface area contributed by atoms with E-state index in [2.05, 4.69) is 30.1 Å². The molecule has 0 saturated heterocycles. The molecule has 1 aromatic heterocycles. The minimum Gasteiger partial charge on any atom is -0.485 e. The lowest BCUT2D eigenvalue weighted by Crippen LogP contribution is -2.25. The Kier molecular flexibility index (Phi) is 6.35. The van der Waals surface area contributed by atoms with Gasteiger partial charge in [-0.3, -0.25) is 14.8 Å². The quantitative estimate of drug-likeness (QED) is 0.361. The summed E-state index contributed by atoms with van der Waals surface area (Å²) in [5, 5.41) is 19.4. The number of likely N-dealkylation sites (N-methyl/N-ethyl adjacent to an activating group) is 1. The summed E-state index contributed by atoms with van der Waals surface area (Å²) in [6.45, 7) is 4.85. The molecule has 4 rings (SSSR count). The van der Waals surface area contributed by atoms with Crippen LogP contribution in [-0.2, 0) is 11.3 Å². The van der Waals surface area contributed by atoms with E-state index < -0.39 is 5.97 Å². The molecule has 0 fully saturated rings. The number of fused-ring (bicyclic) bond motifs is 2. The summed E-state index contributed by atoms with van der Waals surface area (Å²) in [5.41, 5.74) is 3.02. The maximum atomic E-state index is 10.9. The van der Waals surface area contributed by atoms with Crippen molar-refractivity contribution in [2.24, 2.45) is 5.92 Å². The molecule has 1 heterocycles. The van der Waals surface area contributed by atoms with Crippen LogP contribution in [0.2, 0.25) is 5.15 Å². The zero-order valence-electron chi connectivity index (χ0n) is 18.3. The SMILES string of the molecule is CC(C)C(Oc1ccc2cc(CN(C)CC(=O)O)ccc2c1)c1ccc2[nH]nc(Cl)c2c1. The van der Waals surface area contributed by atoms with Crippen molar-refractivity contribution in [3.8, 4) is 5.75 Å². The van der Waals surface area contributed by atoms with Crippen molar-refractivity contribution in [3.05, 3.63) is 70.9 Å². The van der Waals surface area contributed by atoms with Gasteiger partial charge in [-0.2, -0.15) is 5.10 Å². The molecule has 0 aliphatic heterocycles. The fourth-order valence-corrected chi connectivity index (χ4v) is 4.15. The molecule has 2 N–H and O–H groups in total. The monoisotopic (exact) mass is 451 g/mol. The van der Waals surface area contributed by atoms with Crippen LogP contribution in [0.15, 0.2) is 54.6 Å². The van der Waals surface area contributed by atoms with Crippen molar-refractivity contribution >= 4 is 39.2 Å². The highest BCUT2D eigenvalue weighted by Gasteiger charge is 2.19. The molecule has 7 heteroatoms. The topological polar surface area (TPSA) is 78.5 Å². The van der Waals surface area contributed by atoms with E-state index in [1.165, 1.54) is 0 Å². The number of nitrogens with one attached hydrogen (secondary N) is 1. The molecular weight excluding hydrogens is 426 g/mol. The van der Waals surface area contributed by atoms with Crippen molar-refractivity contribution in [2.75, 3.05) is 13.6 Å². The van der Waals surface area contributed by atoms with Crippen LogP contribution in [0.5, 0.6) is 5.75 Å². The standard InChI is InChI=1S/C25H26ClN3O3/c1-15(2)24(19-7-9-22-21(12-19)25(26)28-27-22)32-20-8-6-17-10-16(4-5-18(17)11-20)13-29(3)14-23(30)31/h4-12,15,24H,13-14H2,1-3H3,(H,27,28)(H,30,31). The average Bonchev–Trinajstić information content (AvgIpc) is 3.11. The number of carboxylic acid groups (broad SMARTS) is 1. The number of hydrogen-bond acceptors (Lipinski definition) is 4. The summed E-state index contributed by atoms with van der Waals surface area (Å²) in [5.74, 6) is 0.218. The molecule has 4 aromatic rings. The molecule has 0 aliphatic rings. The number of aromatic nitrogens is 2. The Labute approximate surface area is 191 Å². The van der Waals surface area contributed by atoms with Crippen LogP contribution in [0, 0.1) is 5.92 Å². The van der Waals surface area contributed by atoms with Crippen molar-refractivity contribution in [1.29, 1.82) is 0 Å². The van der Waals surface area contributed by atoms with Crippen LogP contribution in [0.25, 0.3) is 21.7 Å². The second kappa shape index (κ2) is 9.18. The lowest BCUT2D eigenvalue weighted by molar-refractivity contribution is -0.138. The first kappa shape index (κ1) is 22.1. The summed E-state index contributed by atoms with van der Waals surface area (Å²) < 4.78 is 6.43. The van der Waals surface area contributed by atoms with Gasteiger partial charge in [0.15, 0.2) is 5.15 Å². The number of aromatic amines is 1. The lowest BCUT2D eigenvalue weighted by atomic mass is 9.97. The van der Waals surface area contributed by atoms with Gasteiger partial charge in [-0.15, -0.1) is 0 Å². The van der Waals surface area contributed by atoms with Gasteiger partial charge in [-0.05, 0) is 65.2 Å². The van der Waals surface area contributed by atoms with E-state index in [0.717, 1.165) is 38.6 Å². The molecular formula is C25H26ClN3O3. The number of carboxylic acids is 1. The Morgan fingerprint density at radius 3 is 2.62 bits per heavy atom. The Hall–Kier alpha value is -3.09. The minimum atomic E-state index is -0.830. The Morgan fingerprint density at radius 2 is 1.88 bits per heavy atom. The van der Waals surface area contributed by atoms with Crippen LogP contribution in [0.1, 0.15) is 31.1 Å². The number of benzene rings is 3. The Balaban J connectivity index is 1.56. The number of rotatable bonds is 8. The predicted molar refractivity (Wildman–Crippen MR) is 127 cm³/mol. The molecule has 0 saturated carbocycles. The molecule has 6 nitrogen and oxygen atoms in total. The molecule has 0 bridgehead atoms. The predicted octanol–water partition coefficient (Wildman–Crippen LogP) is 5.66. The van der Waals surface area contributed by atoms with Crippen molar-refractivity contribution in [3.63, 3.8) is 0 Å². The zero-order chi connectivity index (χ0) is 22.8. The van der Waals surface area contributed by atoms with Crippen molar-refractivity contribution < 1.29 is 14.6 Å². The van der Waals surface area contributed by atoms with Gasteiger partial charge >= 0.3 is 5.97 Å². The van der Waals surface area contributed by atoms with Gasteiger partial charge in [0.1, 0.15) is 11.9 Å². The molecule has 0 spiro atoms. The number of hydrogen-bond donors (Lipinski definition) is 2. The first-order valence-corrected chi connectivity index (χ1v) is 10.9. The van der Waals surface area contributed by atoms with E-state index in [1.807, 2.05) is 48.5 Å². The zero-order valence-corrected chi connectivity index (χ0v) is 19.1. The van der Waals surface area contributed by atoms with Crippen molar-refractivity contribution in [1.82, 2.24) is 15.1 Å².